The van der Waals surface area contributed by atoms with Gasteiger partial charge in [0.1, 0.15) is 13.2 Å². The molecule has 0 amide bonds. The number of esters is 1. The van der Waals surface area contributed by atoms with Gasteiger partial charge in [0.2, 0.25) is 0 Å². The molecular formula is C29H56O7. The Bertz CT molecular complexity index is 486. The molecule has 214 valence electrons. The number of carbonyl (C=O) groups excluding carboxylic acids is 2. The molecule has 0 fully saturated rings. The van der Waals surface area contributed by atoms with Crippen molar-refractivity contribution < 1.29 is 34.0 Å². The maximum Gasteiger partial charge on any atom is 0.308 e. The number of unbranched alkanes of at least 4 members (excludes halogenated alkanes) is 18. The number of hydrogen-bond donors (Lipinski definition) is 2. The molecule has 0 bridgehead atoms. The van der Waals surface area contributed by atoms with Crippen LogP contribution in [0.3, 0.4) is 0 Å². The summed E-state index contributed by atoms with van der Waals surface area (Å²) in [6.07, 6.45) is 23.8. The van der Waals surface area contributed by atoms with Crippen molar-refractivity contribution in [3.8, 4) is 0 Å². The van der Waals surface area contributed by atoms with Crippen LogP contribution in [0.5, 0.6) is 0 Å². The fourth-order valence-electron chi connectivity index (χ4n) is 4.21. The third-order valence-electron chi connectivity index (χ3n) is 6.48. The fourth-order valence-corrected chi connectivity index (χ4v) is 4.21. The van der Waals surface area contributed by atoms with E-state index in [2.05, 4.69) is 11.7 Å². The lowest BCUT2D eigenvalue weighted by atomic mass is 10.0. The molecule has 2 N–H and O–H groups in total. The van der Waals surface area contributed by atoms with Gasteiger partial charge in [-0.2, -0.15) is 0 Å². The largest absolute Gasteiger partial charge is 0.468 e. The van der Waals surface area contributed by atoms with E-state index in [1.165, 1.54) is 83.5 Å². The number of aliphatic hydroxyl groups excluding tert-OH is 1. The molecule has 0 heterocycles. The number of aliphatic hydroxyl groups is 2. The van der Waals surface area contributed by atoms with Crippen LogP contribution in [0.4, 0.5) is 0 Å². The summed E-state index contributed by atoms with van der Waals surface area (Å²) in [4.78, 5) is 22.0. The SMILES string of the molecule is CCCCCCCCCCCCCCCCCOCC(O)(CO)OC(=O)CCCCCCCOC=O. The van der Waals surface area contributed by atoms with Gasteiger partial charge in [-0.05, 0) is 19.3 Å². The van der Waals surface area contributed by atoms with Gasteiger partial charge in [0.25, 0.3) is 12.3 Å². The zero-order valence-electron chi connectivity index (χ0n) is 23.2. The highest BCUT2D eigenvalue weighted by Crippen LogP contribution is 2.15. The molecule has 0 rings (SSSR count). The minimum atomic E-state index is -1.97. The maximum absolute atomic E-state index is 12.0. The lowest BCUT2D eigenvalue weighted by Gasteiger charge is -2.25. The Labute approximate surface area is 220 Å². The number of rotatable bonds is 29. The molecule has 0 aliphatic heterocycles. The van der Waals surface area contributed by atoms with Crippen molar-refractivity contribution >= 4 is 12.4 Å². The average molecular weight is 517 g/mol. The van der Waals surface area contributed by atoms with Crippen LogP contribution in [0.2, 0.25) is 0 Å². The molecule has 0 aromatic heterocycles. The van der Waals surface area contributed by atoms with Gasteiger partial charge in [0.05, 0.1) is 6.61 Å². The maximum atomic E-state index is 12.0. The lowest BCUT2D eigenvalue weighted by molar-refractivity contribution is -0.242. The van der Waals surface area contributed by atoms with E-state index in [1.54, 1.807) is 0 Å². The van der Waals surface area contributed by atoms with Gasteiger partial charge in [0.15, 0.2) is 0 Å². The van der Waals surface area contributed by atoms with E-state index in [9.17, 15) is 19.8 Å². The van der Waals surface area contributed by atoms with Crippen molar-refractivity contribution in [3.05, 3.63) is 0 Å². The topological polar surface area (TPSA) is 102 Å². The summed E-state index contributed by atoms with van der Waals surface area (Å²) in [5.41, 5.74) is 0. The summed E-state index contributed by atoms with van der Waals surface area (Å²) < 4.78 is 15.2. The molecule has 0 saturated carbocycles. The van der Waals surface area contributed by atoms with Crippen LogP contribution >= 0.6 is 0 Å². The second-order valence-electron chi connectivity index (χ2n) is 10.1. The van der Waals surface area contributed by atoms with Gasteiger partial charge < -0.3 is 24.4 Å². The standard InChI is InChI=1S/C29H56O7/c1-2-3-4-5-6-7-8-9-10-11-12-13-14-17-20-23-34-26-29(33,25-30)36-28(32)22-19-16-15-18-21-24-35-27-31/h27,30,33H,2-26H2,1H3. The van der Waals surface area contributed by atoms with E-state index in [0.29, 0.717) is 26.1 Å². The fraction of sp³-hybridized carbons (Fsp3) is 0.931. The van der Waals surface area contributed by atoms with E-state index in [1.807, 2.05) is 0 Å². The molecule has 0 spiro atoms. The highest BCUT2D eigenvalue weighted by atomic mass is 16.7. The van der Waals surface area contributed by atoms with Gasteiger partial charge in [-0.15, -0.1) is 0 Å². The van der Waals surface area contributed by atoms with Crippen molar-refractivity contribution in [2.24, 2.45) is 0 Å². The third-order valence-corrected chi connectivity index (χ3v) is 6.48. The van der Waals surface area contributed by atoms with Gasteiger partial charge in [-0.25, -0.2) is 0 Å². The molecule has 7 nitrogen and oxygen atoms in total. The summed E-state index contributed by atoms with van der Waals surface area (Å²) in [5.74, 6) is -2.51. The quantitative estimate of drug-likeness (QED) is 0.0499. The summed E-state index contributed by atoms with van der Waals surface area (Å²) in [5, 5.41) is 19.7. The van der Waals surface area contributed by atoms with Gasteiger partial charge in [-0.1, -0.05) is 116 Å². The average Bonchev–Trinajstić information content (AvgIpc) is 2.87. The van der Waals surface area contributed by atoms with Crippen molar-refractivity contribution in [2.45, 2.75) is 148 Å². The molecule has 0 aliphatic rings. The first-order valence-electron chi connectivity index (χ1n) is 14.8. The molecule has 7 heteroatoms. The summed E-state index contributed by atoms with van der Waals surface area (Å²) in [6, 6.07) is 0. The zero-order chi connectivity index (χ0) is 26.6. The number of carbonyl (C=O) groups is 2. The van der Waals surface area contributed by atoms with Crippen LogP contribution in [-0.4, -0.2) is 54.9 Å². The first-order chi connectivity index (χ1) is 17.6. The molecule has 0 aromatic carbocycles. The monoisotopic (exact) mass is 516 g/mol. The molecule has 36 heavy (non-hydrogen) atoms. The van der Waals surface area contributed by atoms with Crippen LogP contribution < -0.4 is 0 Å². The molecular weight excluding hydrogens is 460 g/mol. The smallest absolute Gasteiger partial charge is 0.308 e. The van der Waals surface area contributed by atoms with Crippen molar-refractivity contribution in [2.75, 3.05) is 26.4 Å². The predicted molar refractivity (Wildman–Crippen MR) is 144 cm³/mol. The Balaban J connectivity index is 3.53. The van der Waals surface area contributed by atoms with E-state index >= 15 is 0 Å². The van der Waals surface area contributed by atoms with E-state index in [-0.39, 0.29) is 13.0 Å². The highest BCUT2D eigenvalue weighted by molar-refractivity contribution is 5.69. The zero-order valence-corrected chi connectivity index (χ0v) is 23.2. The van der Waals surface area contributed by atoms with Gasteiger partial charge >= 0.3 is 5.97 Å². The predicted octanol–water partition coefficient (Wildman–Crippen LogP) is 6.61. The number of hydrogen-bond acceptors (Lipinski definition) is 7. The van der Waals surface area contributed by atoms with Crippen LogP contribution in [0.1, 0.15) is 142 Å². The highest BCUT2D eigenvalue weighted by Gasteiger charge is 2.31. The Morgan fingerprint density at radius 3 is 1.61 bits per heavy atom. The van der Waals surface area contributed by atoms with E-state index in [4.69, 9.17) is 9.47 Å². The molecule has 0 aromatic rings. The normalized spacial score (nSPS) is 12.9. The summed E-state index contributed by atoms with van der Waals surface area (Å²) in [6.45, 7) is 2.71. The van der Waals surface area contributed by atoms with Crippen LogP contribution in [0, 0.1) is 0 Å². The first-order valence-corrected chi connectivity index (χ1v) is 14.8. The summed E-state index contributed by atoms with van der Waals surface area (Å²) >= 11 is 0. The third kappa shape index (κ3) is 24.5. The Kier molecular flexibility index (Phi) is 26.0. The molecule has 1 unspecified atom stereocenters. The number of ether oxygens (including phenoxy) is 3. The molecule has 0 aliphatic carbocycles. The van der Waals surface area contributed by atoms with Gasteiger partial charge in [-0.3, -0.25) is 9.59 Å². The second kappa shape index (κ2) is 26.9. The first kappa shape index (κ1) is 34.8. The van der Waals surface area contributed by atoms with Crippen LogP contribution in [0.15, 0.2) is 0 Å². The Morgan fingerprint density at radius 1 is 0.694 bits per heavy atom. The minimum Gasteiger partial charge on any atom is -0.468 e. The van der Waals surface area contributed by atoms with E-state index in [0.717, 1.165) is 38.5 Å². The molecule has 0 saturated heterocycles. The van der Waals surface area contributed by atoms with Crippen molar-refractivity contribution in [1.29, 1.82) is 0 Å². The summed E-state index contributed by atoms with van der Waals surface area (Å²) in [7, 11) is 0. The van der Waals surface area contributed by atoms with Gasteiger partial charge in [0, 0.05) is 13.0 Å². The Hall–Kier alpha value is -1.18. The molecule has 1 atom stereocenters. The van der Waals surface area contributed by atoms with Crippen molar-refractivity contribution in [3.63, 3.8) is 0 Å². The van der Waals surface area contributed by atoms with E-state index < -0.39 is 18.4 Å². The van der Waals surface area contributed by atoms with Crippen molar-refractivity contribution in [1.82, 2.24) is 0 Å². The minimum absolute atomic E-state index is 0.187. The molecule has 0 radical (unpaired) electrons. The Morgan fingerprint density at radius 2 is 1.14 bits per heavy atom. The lowest BCUT2D eigenvalue weighted by Crippen LogP contribution is -2.43. The van der Waals surface area contributed by atoms with Crippen LogP contribution in [0.25, 0.3) is 0 Å². The second-order valence-corrected chi connectivity index (χ2v) is 10.1. The van der Waals surface area contributed by atoms with Crippen LogP contribution in [-0.2, 0) is 23.8 Å².